The average molecular weight is 343 g/mol. The lowest BCUT2D eigenvalue weighted by molar-refractivity contribution is 0.457. The van der Waals surface area contributed by atoms with Crippen LogP contribution in [-0.4, -0.2) is 55.3 Å². The molecule has 0 radical (unpaired) electrons. The number of nitrogens with zero attached hydrogens (tertiary/aromatic N) is 3. The first-order chi connectivity index (χ1) is 10.8. The predicted molar refractivity (Wildman–Crippen MR) is 94.3 cm³/mol. The second kappa shape index (κ2) is 9.54. The molecule has 1 heterocycles. The van der Waals surface area contributed by atoms with Gasteiger partial charge in [0.25, 0.3) is 0 Å². The molecule has 0 saturated carbocycles. The van der Waals surface area contributed by atoms with E-state index in [1.54, 1.807) is 6.20 Å². The Labute approximate surface area is 139 Å². The van der Waals surface area contributed by atoms with Crippen LogP contribution in [0.5, 0.6) is 0 Å². The third-order valence-electron chi connectivity index (χ3n) is 3.27. The lowest BCUT2D eigenvalue weighted by atomic mass is 10.2. The van der Waals surface area contributed by atoms with E-state index < -0.39 is 9.84 Å². The Balaban J connectivity index is 2.48. The van der Waals surface area contributed by atoms with Crippen molar-refractivity contribution in [3.8, 4) is 0 Å². The van der Waals surface area contributed by atoms with Crippen molar-refractivity contribution in [2.75, 3.05) is 25.1 Å². The van der Waals surface area contributed by atoms with Gasteiger partial charge >= 0.3 is 0 Å². The van der Waals surface area contributed by atoms with Crippen LogP contribution in [0.25, 0.3) is 0 Å². The van der Waals surface area contributed by atoms with Gasteiger partial charge in [0.2, 0.25) is 0 Å². The van der Waals surface area contributed by atoms with E-state index in [9.17, 15) is 8.42 Å². The molecule has 8 heteroatoms. The highest BCUT2D eigenvalue weighted by molar-refractivity contribution is 7.90. The van der Waals surface area contributed by atoms with E-state index in [4.69, 9.17) is 0 Å². The average Bonchev–Trinajstić information content (AvgIpc) is 2.95. The van der Waals surface area contributed by atoms with E-state index >= 15 is 0 Å². The number of sulfone groups is 1. The minimum absolute atomic E-state index is 0.0453. The summed E-state index contributed by atoms with van der Waals surface area (Å²) in [6.45, 7) is 8.35. The minimum atomic E-state index is -2.93. The molecule has 0 aliphatic carbocycles. The summed E-state index contributed by atoms with van der Waals surface area (Å²) in [7, 11) is -2.93. The molecule has 0 aliphatic rings. The van der Waals surface area contributed by atoms with Crippen molar-refractivity contribution in [2.24, 2.45) is 10.9 Å². The maximum Gasteiger partial charge on any atom is 0.191 e. The van der Waals surface area contributed by atoms with Crippen LogP contribution in [0.2, 0.25) is 0 Å². The molecule has 0 fully saturated rings. The van der Waals surface area contributed by atoms with Crippen LogP contribution < -0.4 is 10.6 Å². The lowest BCUT2D eigenvalue weighted by Gasteiger charge is -2.18. The van der Waals surface area contributed by atoms with Crippen LogP contribution in [0.3, 0.4) is 0 Å². The van der Waals surface area contributed by atoms with Crippen molar-refractivity contribution in [2.45, 2.75) is 39.8 Å². The van der Waals surface area contributed by atoms with Gasteiger partial charge in [0.15, 0.2) is 5.96 Å². The molecule has 0 aliphatic heterocycles. The van der Waals surface area contributed by atoms with Crippen molar-refractivity contribution in [3.05, 3.63) is 18.5 Å². The van der Waals surface area contributed by atoms with Crippen molar-refractivity contribution >= 4 is 15.8 Å². The van der Waals surface area contributed by atoms with E-state index in [-0.39, 0.29) is 11.8 Å². The van der Waals surface area contributed by atoms with Gasteiger partial charge < -0.3 is 10.6 Å². The van der Waals surface area contributed by atoms with Crippen LogP contribution >= 0.6 is 0 Å². The maximum absolute atomic E-state index is 11.2. The number of guanidine groups is 1. The summed E-state index contributed by atoms with van der Waals surface area (Å²) in [6.07, 6.45) is 5.53. The number of hydrogen-bond acceptors (Lipinski definition) is 4. The van der Waals surface area contributed by atoms with Crippen molar-refractivity contribution < 1.29 is 8.42 Å². The van der Waals surface area contributed by atoms with Crippen LogP contribution in [0, 0.1) is 5.92 Å². The molecule has 1 aromatic heterocycles. The highest BCUT2D eigenvalue weighted by Gasteiger charge is 2.10. The quantitative estimate of drug-likeness (QED) is 0.514. The molecule has 0 bridgehead atoms. The van der Waals surface area contributed by atoms with Gasteiger partial charge in [-0.15, -0.1) is 0 Å². The standard InChI is InChI=1S/C15H29N5O2S/c1-5-16-15(19-14(3)7-10-23(4,21)22)17-11-13(2)12-20-9-6-8-18-20/h6,8-9,13-14H,5,7,10-12H2,1-4H3,(H2,16,17,19). The molecule has 2 N–H and O–H groups in total. The smallest absolute Gasteiger partial charge is 0.191 e. The summed E-state index contributed by atoms with van der Waals surface area (Å²) >= 11 is 0. The summed E-state index contributed by atoms with van der Waals surface area (Å²) in [4.78, 5) is 4.58. The van der Waals surface area contributed by atoms with Crippen molar-refractivity contribution in [1.29, 1.82) is 0 Å². The van der Waals surface area contributed by atoms with E-state index in [1.807, 2.05) is 30.8 Å². The predicted octanol–water partition coefficient (Wildman–Crippen LogP) is 0.898. The zero-order chi connectivity index (χ0) is 17.3. The Morgan fingerprint density at radius 2 is 2.13 bits per heavy atom. The number of aromatic nitrogens is 2. The molecule has 1 rings (SSSR count). The number of hydrogen-bond donors (Lipinski definition) is 2. The van der Waals surface area contributed by atoms with Crippen LogP contribution in [0.1, 0.15) is 27.2 Å². The molecule has 0 aromatic carbocycles. The number of aliphatic imine (C=N–C) groups is 1. The summed E-state index contributed by atoms with van der Waals surface area (Å²) in [6, 6.07) is 1.95. The Hall–Kier alpha value is -1.57. The lowest BCUT2D eigenvalue weighted by Crippen LogP contribution is -2.43. The fraction of sp³-hybridized carbons (Fsp3) is 0.733. The van der Waals surface area contributed by atoms with Gasteiger partial charge in [0.05, 0.1) is 5.75 Å². The third kappa shape index (κ3) is 9.22. The van der Waals surface area contributed by atoms with E-state index in [0.717, 1.165) is 19.0 Å². The van der Waals surface area contributed by atoms with Crippen LogP contribution in [-0.2, 0) is 16.4 Å². The van der Waals surface area contributed by atoms with Crippen LogP contribution in [0.4, 0.5) is 0 Å². The molecular formula is C15H29N5O2S. The van der Waals surface area contributed by atoms with E-state index in [2.05, 4.69) is 27.6 Å². The molecule has 132 valence electrons. The fourth-order valence-corrected chi connectivity index (χ4v) is 2.83. The zero-order valence-electron chi connectivity index (χ0n) is 14.5. The monoisotopic (exact) mass is 343 g/mol. The topological polar surface area (TPSA) is 88.4 Å². The highest BCUT2D eigenvalue weighted by Crippen LogP contribution is 2.01. The van der Waals surface area contributed by atoms with Gasteiger partial charge in [-0.05, 0) is 32.3 Å². The first-order valence-corrected chi connectivity index (χ1v) is 10.1. The van der Waals surface area contributed by atoms with Gasteiger partial charge in [-0.3, -0.25) is 9.67 Å². The highest BCUT2D eigenvalue weighted by atomic mass is 32.2. The Bertz CT molecular complexity index is 569. The SMILES string of the molecule is CCNC(=NCC(C)Cn1cccn1)NC(C)CCS(C)(=O)=O. The fourth-order valence-electron chi connectivity index (χ4n) is 2.05. The van der Waals surface area contributed by atoms with Crippen LogP contribution in [0.15, 0.2) is 23.5 Å². The third-order valence-corrected chi connectivity index (χ3v) is 4.25. The zero-order valence-corrected chi connectivity index (χ0v) is 15.3. The summed E-state index contributed by atoms with van der Waals surface area (Å²) in [5.74, 6) is 1.26. The molecule has 2 atom stereocenters. The Morgan fingerprint density at radius 3 is 2.70 bits per heavy atom. The molecule has 0 saturated heterocycles. The number of rotatable bonds is 9. The molecule has 23 heavy (non-hydrogen) atoms. The van der Waals surface area contributed by atoms with Crippen molar-refractivity contribution in [1.82, 2.24) is 20.4 Å². The largest absolute Gasteiger partial charge is 0.357 e. The normalized spacial score (nSPS) is 15.2. The summed E-state index contributed by atoms with van der Waals surface area (Å²) in [5.41, 5.74) is 0. The van der Waals surface area contributed by atoms with Gasteiger partial charge in [0, 0.05) is 44.3 Å². The molecule has 2 unspecified atom stereocenters. The molecule has 7 nitrogen and oxygen atoms in total. The molecule has 1 aromatic rings. The Kier molecular flexibility index (Phi) is 8.08. The van der Waals surface area contributed by atoms with Gasteiger partial charge in [-0.2, -0.15) is 5.10 Å². The van der Waals surface area contributed by atoms with Gasteiger partial charge in [-0.1, -0.05) is 6.92 Å². The first-order valence-electron chi connectivity index (χ1n) is 8.00. The van der Waals surface area contributed by atoms with Crippen molar-refractivity contribution in [3.63, 3.8) is 0 Å². The molecule has 0 spiro atoms. The molecule has 0 amide bonds. The van der Waals surface area contributed by atoms with E-state index in [1.165, 1.54) is 6.26 Å². The second-order valence-corrected chi connectivity index (χ2v) is 8.28. The number of nitrogens with one attached hydrogen (secondary N) is 2. The molecular weight excluding hydrogens is 314 g/mol. The Morgan fingerprint density at radius 1 is 1.39 bits per heavy atom. The van der Waals surface area contributed by atoms with E-state index in [0.29, 0.717) is 18.9 Å². The first kappa shape index (κ1) is 19.5. The summed E-state index contributed by atoms with van der Waals surface area (Å²) < 4.78 is 24.4. The summed E-state index contributed by atoms with van der Waals surface area (Å²) in [5, 5.41) is 10.6. The van der Waals surface area contributed by atoms with Gasteiger partial charge in [-0.25, -0.2) is 8.42 Å². The maximum atomic E-state index is 11.2. The minimum Gasteiger partial charge on any atom is -0.357 e. The van der Waals surface area contributed by atoms with Gasteiger partial charge in [0.1, 0.15) is 9.84 Å². The second-order valence-electron chi connectivity index (χ2n) is 6.02.